The van der Waals surface area contributed by atoms with Gasteiger partial charge >= 0.3 is 0 Å². The molecule has 0 aliphatic rings. The van der Waals surface area contributed by atoms with Gasteiger partial charge in [-0.1, -0.05) is 109 Å². The molecule has 0 atom stereocenters. The Balaban J connectivity index is 1.14. The van der Waals surface area contributed by atoms with Gasteiger partial charge in [-0.3, -0.25) is 0 Å². The molecule has 9 aromatic carbocycles. The van der Waals surface area contributed by atoms with Crippen LogP contribution < -0.4 is 4.90 Å². The van der Waals surface area contributed by atoms with Gasteiger partial charge in [0.25, 0.3) is 0 Å². The van der Waals surface area contributed by atoms with Crippen molar-refractivity contribution >= 4 is 82.4 Å². The fourth-order valence-corrected chi connectivity index (χ4v) is 8.02. The van der Waals surface area contributed by atoms with Gasteiger partial charge in [0, 0.05) is 50.2 Å². The van der Waals surface area contributed by atoms with Gasteiger partial charge in [0.15, 0.2) is 5.58 Å². The average Bonchev–Trinajstić information content (AvgIpc) is 3.83. The van der Waals surface area contributed by atoms with Crippen LogP contribution in [0.15, 0.2) is 191 Å². The minimum absolute atomic E-state index is 0.625. The van der Waals surface area contributed by atoms with Gasteiger partial charge in [-0.2, -0.15) is 0 Å². The number of fused-ring (bicyclic) bond motifs is 10. The lowest BCUT2D eigenvalue weighted by Gasteiger charge is -2.26. The maximum atomic E-state index is 6.64. The van der Waals surface area contributed by atoms with Crippen LogP contribution in [0.3, 0.4) is 0 Å². The second-order valence-electron chi connectivity index (χ2n) is 13.5. The molecule has 0 aliphatic carbocycles. The van der Waals surface area contributed by atoms with Crippen molar-refractivity contribution in [3.63, 3.8) is 0 Å². The first-order chi connectivity index (χ1) is 26.3. The van der Waals surface area contributed by atoms with E-state index in [1.807, 2.05) is 42.5 Å². The smallest absolute Gasteiger partial charge is 0.227 e. The third-order valence-corrected chi connectivity index (χ3v) is 10.4. The van der Waals surface area contributed by atoms with E-state index in [-0.39, 0.29) is 0 Å². The zero-order valence-electron chi connectivity index (χ0n) is 28.5. The van der Waals surface area contributed by atoms with E-state index in [1.165, 1.54) is 10.8 Å². The van der Waals surface area contributed by atoms with Crippen molar-refractivity contribution in [3.05, 3.63) is 182 Å². The Bertz CT molecular complexity index is 3180. The standard InChI is InChI=1S/C49H30N2O2/c1-3-12-32(13-4-1)49-50-43-27-23-31-22-25-41-42(29-34-14-7-8-19-38(34)47(41)46(31)48(43)53-49)33-15-11-18-36(28-33)51(35-16-5-2-6-17-35)37-24-26-40-39-20-9-10-21-44(39)52-45(40)30-37/h1-30H. The van der Waals surface area contributed by atoms with E-state index < -0.39 is 0 Å². The van der Waals surface area contributed by atoms with E-state index >= 15 is 0 Å². The van der Waals surface area contributed by atoms with E-state index in [9.17, 15) is 0 Å². The number of para-hydroxylation sites is 2. The number of aromatic nitrogens is 1. The molecule has 0 saturated carbocycles. The third-order valence-electron chi connectivity index (χ3n) is 10.4. The molecule has 0 saturated heterocycles. The van der Waals surface area contributed by atoms with Crippen LogP contribution in [0.2, 0.25) is 0 Å². The summed E-state index contributed by atoms with van der Waals surface area (Å²) in [6.45, 7) is 0. The van der Waals surface area contributed by atoms with E-state index in [4.69, 9.17) is 13.8 Å². The predicted octanol–water partition coefficient (Wildman–Crippen LogP) is 14.0. The van der Waals surface area contributed by atoms with Gasteiger partial charge in [0.2, 0.25) is 5.89 Å². The Hall–Kier alpha value is -7.17. The summed E-state index contributed by atoms with van der Waals surface area (Å²) in [5, 5.41) is 9.11. The van der Waals surface area contributed by atoms with Crippen LogP contribution in [0.1, 0.15) is 0 Å². The van der Waals surface area contributed by atoms with Gasteiger partial charge in [0.1, 0.15) is 16.7 Å². The Morgan fingerprint density at radius 2 is 1.08 bits per heavy atom. The van der Waals surface area contributed by atoms with Crippen LogP contribution in [0, 0.1) is 0 Å². The maximum absolute atomic E-state index is 6.64. The lowest BCUT2D eigenvalue weighted by molar-refractivity contribution is 0.623. The van der Waals surface area contributed by atoms with Crippen LogP contribution >= 0.6 is 0 Å². The molecule has 2 heterocycles. The van der Waals surface area contributed by atoms with Crippen LogP contribution in [-0.4, -0.2) is 4.98 Å². The molecule has 0 fully saturated rings. The van der Waals surface area contributed by atoms with Gasteiger partial charge in [-0.05, 0) is 99.4 Å². The topological polar surface area (TPSA) is 42.4 Å². The zero-order chi connectivity index (χ0) is 34.9. The minimum Gasteiger partial charge on any atom is -0.456 e. The minimum atomic E-state index is 0.625. The van der Waals surface area contributed by atoms with E-state index in [0.29, 0.717) is 5.89 Å². The molecule has 0 amide bonds. The SMILES string of the molecule is c1ccc(-c2nc3ccc4ccc5c(-c6cccc(N(c7ccccc7)c7ccc8c(c7)oc7ccccc78)c6)cc6ccccc6c5c4c3o2)cc1. The maximum Gasteiger partial charge on any atom is 0.227 e. The molecule has 0 N–H and O–H groups in total. The Morgan fingerprint density at radius 1 is 0.396 bits per heavy atom. The highest BCUT2D eigenvalue weighted by Crippen LogP contribution is 2.44. The van der Waals surface area contributed by atoms with Gasteiger partial charge in [-0.25, -0.2) is 4.98 Å². The van der Waals surface area contributed by atoms with Crippen LogP contribution in [-0.2, 0) is 0 Å². The molecular formula is C49H30N2O2. The van der Waals surface area contributed by atoms with Crippen molar-refractivity contribution in [2.45, 2.75) is 0 Å². The summed E-state index contributed by atoms with van der Waals surface area (Å²) in [7, 11) is 0. The molecular weight excluding hydrogens is 649 g/mol. The van der Waals surface area contributed by atoms with E-state index in [0.717, 1.165) is 88.3 Å². The Labute approximate surface area is 304 Å². The molecule has 11 rings (SSSR count). The summed E-state index contributed by atoms with van der Waals surface area (Å²) in [5.74, 6) is 0.625. The fraction of sp³-hybridized carbons (Fsp3) is 0. The van der Waals surface area contributed by atoms with Crippen molar-refractivity contribution in [1.29, 1.82) is 0 Å². The largest absolute Gasteiger partial charge is 0.456 e. The molecule has 0 bridgehead atoms. The third kappa shape index (κ3) is 4.73. The molecule has 4 heteroatoms. The number of nitrogens with zero attached hydrogens (tertiary/aromatic N) is 2. The summed E-state index contributed by atoms with van der Waals surface area (Å²) in [6, 6.07) is 63.9. The van der Waals surface area contributed by atoms with Crippen molar-refractivity contribution in [1.82, 2.24) is 4.98 Å². The van der Waals surface area contributed by atoms with Crippen molar-refractivity contribution in [3.8, 4) is 22.6 Å². The number of benzene rings is 9. The van der Waals surface area contributed by atoms with Crippen molar-refractivity contribution in [2.24, 2.45) is 0 Å². The molecule has 0 spiro atoms. The molecule has 0 aliphatic heterocycles. The molecule has 4 nitrogen and oxygen atoms in total. The predicted molar refractivity (Wildman–Crippen MR) is 219 cm³/mol. The molecule has 11 aromatic rings. The van der Waals surface area contributed by atoms with Gasteiger partial charge < -0.3 is 13.7 Å². The molecule has 0 radical (unpaired) electrons. The van der Waals surface area contributed by atoms with E-state index in [1.54, 1.807) is 0 Å². The van der Waals surface area contributed by atoms with Gasteiger partial charge in [-0.15, -0.1) is 0 Å². The van der Waals surface area contributed by atoms with Crippen LogP contribution in [0.5, 0.6) is 0 Å². The summed E-state index contributed by atoms with van der Waals surface area (Å²) < 4.78 is 13.0. The fourth-order valence-electron chi connectivity index (χ4n) is 8.02. The first-order valence-corrected chi connectivity index (χ1v) is 17.9. The average molecular weight is 679 g/mol. The summed E-state index contributed by atoms with van der Waals surface area (Å²) in [6.07, 6.45) is 0. The van der Waals surface area contributed by atoms with E-state index in [2.05, 4.69) is 144 Å². The number of oxazole rings is 1. The highest BCUT2D eigenvalue weighted by molar-refractivity contribution is 6.28. The molecule has 2 aromatic heterocycles. The van der Waals surface area contributed by atoms with Crippen molar-refractivity contribution < 1.29 is 8.83 Å². The molecule has 53 heavy (non-hydrogen) atoms. The van der Waals surface area contributed by atoms with Gasteiger partial charge in [0.05, 0.1) is 0 Å². The number of hydrogen-bond acceptors (Lipinski definition) is 4. The second kappa shape index (κ2) is 11.7. The zero-order valence-corrected chi connectivity index (χ0v) is 28.5. The normalized spacial score (nSPS) is 11.8. The van der Waals surface area contributed by atoms with Crippen LogP contribution in [0.4, 0.5) is 17.1 Å². The summed E-state index contributed by atoms with van der Waals surface area (Å²) in [4.78, 5) is 7.24. The lowest BCUT2D eigenvalue weighted by Crippen LogP contribution is -2.09. The summed E-state index contributed by atoms with van der Waals surface area (Å²) in [5.41, 5.74) is 9.79. The Kier molecular flexibility index (Phi) is 6.52. The number of hydrogen-bond donors (Lipinski definition) is 0. The lowest BCUT2D eigenvalue weighted by atomic mass is 9.90. The quantitative estimate of drug-likeness (QED) is 0.170. The van der Waals surface area contributed by atoms with Crippen molar-refractivity contribution in [2.75, 3.05) is 4.90 Å². The monoisotopic (exact) mass is 678 g/mol. The molecule has 248 valence electrons. The number of anilines is 3. The Morgan fingerprint density at radius 3 is 1.96 bits per heavy atom. The highest BCUT2D eigenvalue weighted by Gasteiger charge is 2.20. The highest BCUT2D eigenvalue weighted by atomic mass is 16.3. The second-order valence-corrected chi connectivity index (χ2v) is 13.5. The first-order valence-electron chi connectivity index (χ1n) is 17.9. The molecule has 0 unspecified atom stereocenters. The first kappa shape index (κ1) is 29.5. The van der Waals surface area contributed by atoms with Crippen LogP contribution in [0.25, 0.3) is 87.9 Å². The number of furan rings is 1. The summed E-state index contributed by atoms with van der Waals surface area (Å²) >= 11 is 0. The number of rotatable bonds is 5.